The second-order valence-electron chi connectivity index (χ2n) is 3.58. The Morgan fingerprint density at radius 2 is 1.75 bits per heavy atom. The van der Waals surface area contributed by atoms with Crippen molar-refractivity contribution in [2.75, 3.05) is 7.11 Å². The Labute approximate surface area is 94.5 Å². The fourth-order valence-electron chi connectivity index (χ4n) is 1.69. The molecule has 0 spiro atoms. The molecule has 82 valence electrons. The van der Waals surface area contributed by atoms with Gasteiger partial charge in [0.2, 0.25) is 0 Å². The first kappa shape index (κ1) is 10.8. The first-order valence-electron chi connectivity index (χ1n) is 5.14. The third kappa shape index (κ3) is 2.12. The highest BCUT2D eigenvalue weighted by Gasteiger charge is 2.08. The van der Waals surface area contributed by atoms with Crippen LogP contribution in [0.2, 0.25) is 0 Å². The zero-order valence-electron chi connectivity index (χ0n) is 9.11. The van der Waals surface area contributed by atoms with E-state index in [0.717, 1.165) is 5.56 Å². The monoisotopic (exact) mass is 216 g/mol. The van der Waals surface area contributed by atoms with E-state index in [4.69, 9.17) is 4.74 Å². The summed E-state index contributed by atoms with van der Waals surface area (Å²) in [7, 11) is 1.56. The molecule has 0 N–H and O–H groups in total. The van der Waals surface area contributed by atoms with Crippen molar-refractivity contribution < 1.29 is 9.13 Å². The quantitative estimate of drug-likeness (QED) is 0.761. The molecule has 2 rings (SSSR count). The number of methoxy groups -OCH3 is 1. The summed E-state index contributed by atoms with van der Waals surface area (Å²) in [6.45, 7) is 0.298. The fourth-order valence-corrected chi connectivity index (χ4v) is 1.69. The molecule has 0 saturated heterocycles. The van der Waals surface area contributed by atoms with Gasteiger partial charge in [0.15, 0.2) is 0 Å². The second kappa shape index (κ2) is 4.90. The molecule has 0 heterocycles. The maximum absolute atomic E-state index is 14.1. The third-order valence-corrected chi connectivity index (χ3v) is 2.46. The van der Waals surface area contributed by atoms with Gasteiger partial charge in [-0.3, -0.25) is 0 Å². The van der Waals surface area contributed by atoms with Crippen LogP contribution >= 0.6 is 0 Å². The minimum Gasteiger partial charge on any atom is -0.380 e. The average Bonchev–Trinajstić information content (AvgIpc) is 2.33. The van der Waals surface area contributed by atoms with Crippen molar-refractivity contribution in [1.82, 2.24) is 0 Å². The summed E-state index contributed by atoms with van der Waals surface area (Å²) in [6.07, 6.45) is 0. The molecular weight excluding hydrogens is 203 g/mol. The molecule has 2 heteroatoms. The topological polar surface area (TPSA) is 9.23 Å². The van der Waals surface area contributed by atoms with Crippen molar-refractivity contribution in [2.24, 2.45) is 0 Å². The Kier molecular flexibility index (Phi) is 3.32. The second-order valence-corrected chi connectivity index (χ2v) is 3.58. The summed E-state index contributed by atoms with van der Waals surface area (Å²) in [5, 5.41) is 0. The number of halogens is 1. The minimum atomic E-state index is -0.199. The van der Waals surface area contributed by atoms with Gasteiger partial charge in [-0.15, -0.1) is 0 Å². The molecule has 0 atom stereocenters. The van der Waals surface area contributed by atoms with E-state index >= 15 is 0 Å². The first-order valence-corrected chi connectivity index (χ1v) is 5.14. The highest BCUT2D eigenvalue weighted by molar-refractivity contribution is 5.64. The molecule has 2 aromatic carbocycles. The Bertz CT molecular complexity index is 465. The van der Waals surface area contributed by atoms with Crippen LogP contribution in [0.5, 0.6) is 0 Å². The molecule has 0 aliphatic carbocycles. The molecule has 0 fully saturated rings. The standard InChI is InChI=1S/C14H13FO/c1-16-10-12-8-5-9-13(14(12)15)11-6-3-2-4-7-11/h2-9H,10H2,1H3. The van der Waals surface area contributed by atoms with Crippen molar-refractivity contribution in [2.45, 2.75) is 6.61 Å². The Hall–Kier alpha value is -1.67. The molecule has 0 amide bonds. The van der Waals surface area contributed by atoms with E-state index in [9.17, 15) is 4.39 Å². The molecule has 1 nitrogen and oxygen atoms in total. The van der Waals surface area contributed by atoms with Crippen LogP contribution in [-0.2, 0) is 11.3 Å². The van der Waals surface area contributed by atoms with E-state index in [1.54, 1.807) is 19.2 Å². The lowest BCUT2D eigenvalue weighted by Crippen LogP contribution is -1.94. The van der Waals surface area contributed by atoms with E-state index in [1.807, 2.05) is 36.4 Å². The van der Waals surface area contributed by atoms with E-state index in [0.29, 0.717) is 17.7 Å². The van der Waals surface area contributed by atoms with Crippen molar-refractivity contribution in [3.63, 3.8) is 0 Å². The summed E-state index contributed by atoms with van der Waals surface area (Å²) in [6, 6.07) is 14.9. The summed E-state index contributed by atoms with van der Waals surface area (Å²) in [5.41, 5.74) is 2.09. The molecule has 0 saturated carbocycles. The average molecular weight is 216 g/mol. The Balaban J connectivity index is 2.46. The molecule has 0 bridgehead atoms. The van der Waals surface area contributed by atoms with Gasteiger partial charge in [0.05, 0.1) is 6.61 Å². The normalized spacial score (nSPS) is 10.4. The van der Waals surface area contributed by atoms with E-state index in [2.05, 4.69) is 0 Å². The van der Waals surface area contributed by atoms with Gasteiger partial charge in [-0.1, -0.05) is 48.5 Å². The number of ether oxygens (including phenoxy) is 1. The molecule has 0 radical (unpaired) electrons. The fraction of sp³-hybridized carbons (Fsp3) is 0.143. The van der Waals surface area contributed by atoms with Crippen LogP contribution in [-0.4, -0.2) is 7.11 Å². The minimum absolute atomic E-state index is 0.199. The first-order chi connectivity index (χ1) is 7.83. The van der Waals surface area contributed by atoms with Crippen LogP contribution < -0.4 is 0 Å². The van der Waals surface area contributed by atoms with Gasteiger partial charge in [0.25, 0.3) is 0 Å². The van der Waals surface area contributed by atoms with Crippen LogP contribution in [0.25, 0.3) is 11.1 Å². The van der Waals surface area contributed by atoms with Gasteiger partial charge in [0, 0.05) is 18.2 Å². The van der Waals surface area contributed by atoms with E-state index < -0.39 is 0 Å². The predicted octanol–water partition coefficient (Wildman–Crippen LogP) is 3.64. The highest BCUT2D eigenvalue weighted by Crippen LogP contribution is 2.24. The zero-order valence-corrected chi connectivity index (χ0v) is 9.11. The lowest BCUT2D eigenvalue weighted by atomic mass is 10.0. The van der Waals surface area contributed by atoms with Gasteiger partial charge < -0.3 is 4.74 Å². The maximum Gasteiger partial charge on any atom is 0.136 e. The van der Waals surface area contributed by atoms with E-state index in [1.165, 1.54) is 0 Å². The molecule has 0 aromatic heterocycles. The van der Waals surface area contributed by atoms with Gasteiger partial charge >= 0.3 is 0 Å². The summed E-state index contributed by atoms with van der Waals surface area (Å²) < 4.78 is 19.0. The van der Waals surface area contributed by atoms with Crippen molar-refractivity contribution in [3.8, 4) is 11.1 Å². The summed E-state index contributed by atoms with van der Waals surface area (Å²) >= 11 is 0. The summed E-state index contributed by atoms with van der Waals surface area (Å²) in [5.74, 6) is -0.199. The maximum atomic E-state index is 14.1. The van der Waals surface area contributed by atoms with Crippen LogP contribution in [0.15, 0.2) is 48.5 Å². The molecular formula is C14H13FO. The van der Waals surface area contributed by atoms with Crippen molar-refractivity contribution in [3.05, 3.63) is 59.9 Å². The number of hydrogen-bond acceptors (Lipinski definition) is 1. The molecule has 0 aliphatic rings. The number of benzene rings is 2. The van der Waals surface area contributed by atoms with Gasteiger partial charge in [-0.05, 0) is 5.56 Å². The molecule has 0 aliphatic heterocycles. The summed E-state index contributed by atoms with van der Waals surface area (Å²) in [4.78, 5) is 0. The SMILES string of the molecule is COCc1cccc(-c2ccccc2)c1F. The zero-order chi connectivity index (χ0) is 11.4. The Morgan fingerprint density at radius 1 is 1.00 bits per heavy atom. The number of rotatable bonds is 3. The highest BCUT2D eigenvalue weighted by atomic mass is 19.1. The third-order valence-electron chi connectivity index (χ3n) is 2.46. The van der Waals surface area contributed by atoms with Gasteiger partial charge in [-0.25, -0.2) is 4.39 Å². The smallest absolute Gasteiger partial charge is 0.136 e. The van der Waals surface area contributed by atoms with E-state index in [-0.39, 0.29) is 5.82 Å². The predicted molar refractivity (Wildman–Crippen MR) is 62.5 cm³/mol. The lowest BCUT2D eigenvalue weighted by molar-refractivity contribution is 0.181. The van der Waals surface area contributed by atoms with Gasteiger partial charge in [-0.2, -0.15) is 0 Å². The van der Waals surface area contributed by atoms with Crippen LogP contribution in [0.4, 0.5) is 4.39 Å². The Morgan fingerprint density at radius 3 is 2.44 bits per heavy atom. The van der Waals surface area contributed by atoms with Crippen LogP contribution in [0.1, 0.15) is 5.56 Å². The van der Waals surface area contributed by atoms with Crippen molar-refractivity contribution >= 4 is 0 Å². The molecule has 2 aromatic rings. The molecule has 16 heavy (non-hydrogen) atoms. The van der Waals surface area contributed by atoms with Crippen molar-refractivity contribution in [1.29, 1.82) is 0 Å². The van der Waals surface area contributed by atoms with Gasteiger partial charge in [0.1, 0.15) is 5.82 Å². The lowest BCUT2D eigenvalue weighted by Gasteiger charge is -2.07. The van der Waals surface area contributed by atoms with Crippen LogP contribution in [0, 0.1) is 5.82 Å². The molecule has 0 unspecified atom stereocenters. The number of hydrogen-bond donors (Lipinski definition) is 0. The van der Waals surface area contributed by atoms with Crippen LogP contribution in [0.3, 0.4) is 0 Å². The largest absolute Gasteiger partial charge is 0.380 e.